The number of nitrogens with two attached hydrogens (primary N) is 1. The molecule has 1 aliphatic carbocycles. The molecule has 110 valence electrons. The molecule has 1 fully saturated rings. The minimum atomic E-state index is 0.115. The molecule has 3 N–H and O–H groups in total. The van der Waals surface area contributed by atoms with Gasteiger partial charge in [0.2, 0.25) is 5.91 Å². The van der Waals surface area contributed by atoms with Crippen molar-refractivity contribution in [2.45, 2.75) is 46.5 Å². The first-order valence-corrected chi connectivity index (χ1v) is 7.38. The Balaban J connectivity index is 1.87. The molecular formula is C16H25N3O. The van der Waals surface area contributed by atoms with Gasteiger partial charge in [-0.25, -0.2) is 4.98 Å². The van der Waals surface area contributed by atoms with Gasteiger partial charge in [-0.15, -0.1) is 0 Å². The van der Waals surface area contributed by atoms with Crippen molar-refractivity contribution in [3.05, 3.63) is 18.3 Å². The number of nitrogen functional groups attached to an aromatic ring is 1. The monoisotopic (exact) mass is 275 g/mol. The van der Waals surface area contributed by atoms with Gasteiger partial charge in [-0.2, -0.15) is 0 Å². The Hall–Kier alpha value is -1.58. The van der Waals surface area contributed by atoms with E-state index in [0.717, 1.165) is 37.3 Å². The quantitative estimate of drug-likeness (QED) is 0.868. The number of hydrogen-bond donors (Lipinski definition) is 2. The SMILES string of the molecule is CC(C)(C)C1CCC(C(=O)Nc2ccc(N)nc2)CC1. The molecule has 2 rings (SSSR count). The molecule has 0 spiro atoms. The number of hydrogen-bond acceptors (Lipinski definition) is 3. The normalized spacial score (nSPS) is 23.4. The number of carbonyl (C=O) groups excluding carboxylic acids is 1. The fraction of sp³-hybridized carbons (Fsp3) is 0.625. The van der Waals surface area contributed by atoms with E-state index in [1.807, 2.05) is 0 Å². The van der Waals surface area contributed by atoms with Crippen molar-refractivity contribution in [2.75, 3.05) is 11.1 Å². The predicted octanol–water partition coefficient (Wildman–Crippen LogP) is 3.45. The van der Waals surface area contributed by atoms with E-state index in [4.69, 9.17) is 5.73 Å². The van der Waals surface area contributed by atoms with Crippen LogP contribution in [0.1, 0.15) is 46.5 Å². The molecule has 1 heterocycles. The maximum absolute atomic E-state index is 12.2. The lowest BCUT2D eigenvalue weighted by Gasteiger charge is -2.36. The fourth-order valence-corrected chi connectivity index (χ4v) is 2.95. The van der Waals surface area contributed by atoms with Crippen LogP contribution in [0.2, 0.25) is 0 Å². The lowest BCUT2D eigenvalue weighted by Crippen LogP contribution is -2.31. The van der Waals surface area contributed by atoms with E-state index < -0.39 is 0 Å². The number of anilines is 2. The molecule has 0 radical (unpaired) electrons. The number of rotatable bonds is 2. The summed E-state index contributed by atoms with van der Waals surface area (Å²) >= 11 is 0. The summed E-state index contributed by atoms with van der Waals surface area (Å²) in [5, 5.41) is 2.94. The Kier molecular flexibility index (Phi) is 4.31. The first-order chi connectivity index (χ1) is 9.36. The van der Waals surface area contributed by atoms with E-state index >= 15 is 0 Å². The molecule has 0 unspecified atom stereocenters. The van der Waals surface area contributed by atoms with Crippen molar-refractivity contribution in [1.82, 2.24) is 4.98 Å². The van der Waals surface area contributed by atoms with E-state index in [9.17, 15) is 4.79 Å². The smallest absolute Gasteiger partial charge is 0.227 e. The molecule has 4 heteroatoms. The van der Waals surface area contributed by atoms with E-state index in [1.54, 1.807) is 18.3 Å². The zero-order valence-electron chi connectivity index (χ0n) is 12.6. The number of pyridine rings is 1. The highest BCUT2D eigenvalue weighted by Gasteiger charge is 2.32. The summed E-state index contributed by atoms with van der Waals surface area (Å²) < 4.78 is 0. The topological polar surface area (TPSA) is 68.0 Å². The van der Waals surface area contributed by atoms with Crippen molar-refractivity contribution in [3.63, 3.8) is 0 Å². The Labute approximate surface area is 121 Å². The summed E-state index contributed by atoms with van der Waals surface area (Å²) in [7, 11) is 0. The maximum Gasteiger partial charge on any atom is 0.227 e. The summed E-state index contributed by atoms with van der Waals surface area (Å²) in [4.78, 5) is 16.2. The molecule has 0 atom stereocenters. The van der Waals surface area contributed by atoms with Crippen LogP contribution in [0.3, 0.4) is 0 Å². The molecule has 1 saturated carbocycles. The van der Waals surface area contributed by atoms with Crippen LogP contribution in [0, 0.1) is 17.3 Å². The number of aromatic nitrogens is 1. The number of amides is 1. The standard InChI is InChI=1S/C16H25N3O/c1-16(2,3)12-6-4-11(5-7-12)15(20)19-13-8-9-14(17)18-10-13/h8-12H,4-7H2,1-3H3,(H2,17,18)(H,19,20). The van der Waals surface area contributed by atoms with Gasteiger partial charge in [-0.3, -0.25) is 4.79 Å². The second-order valence-corrected chi connectivity index (χ2v) is 6.88. The highest BCUT2D eigenvalue weighted by Crippen LogP contribution is 2.40. The van der Waals surface area contributed by atoms with Crippen LogP contribution in [0.5, 0.6) is 0 Å². The summed E-state index contributed by atoms with van der Waals surface area (Å²) in [6.07, 6.45) is 5.85. The minimum absolute atomic E-state index is 0.115. The van der Waals surface area contributed by atoms with Crippen molar-refractivity contribution in [3.8, 4) is 0 Å². The molecule has 1 aliphatic rings. The molecule has 1 amide bonds. The minimum Gasteiger partial charge on any atom is -0.384 e. The molecule has 1 aromatic heterocycles. The fourth-order valence-electron chi connectivity index (χ4n) is 2.95. The van der Waals surface area contributed by atoms with Crippen LogP contribution in [0.15, 0.2) is 18.3 Å². The molecule has 0 aromatic carbocycles. The highest BCUT2D eigenvalue weighted by molar-refractivity contribution is 5.92. The zero-order valence-corrected chi connectivity index (χ0v) is 12.6. The van der Waals surface area contributed by atoms with Gasteiger partial charge in [0.1, 0.15) is 5.82 Å². The number of nitrogens with zero attached hydrogens (tertiary/aromatic N) is 1. The zero-order chi connectivity index (χ0) is 14.8. The van der Waals surface area contributed by atoms with Gasteiger partial charge >= 0.3 is 0 Å². The van der Waals surface area contributed by atoms with Crippen LogP contribution in [0.25, 0.3) is 0 Å². The van der Waals surface area contributed by atoms with Gasteiger partial charge in [-0.1, -0.05) is 20.8 Å². The second kappa shape index (κ2) is 5.81. The molecular weight excluding hydrogens is 250 g/mol. The van der Waals surface area contributed by atoms with Crippen molar-refractivity contribution < 1.29 is 4.79 Å². The summed E-state index contributed by atoms with van der Waals surface area (Å²) in [5.41, 5.74) is 6.61. The lowest BCUT2D eigenvalue weighted by atomic mass is 9.69. The average molecular weight is 275 g/mol. The van der Waals surface area contributed by atoms with Gasteiger partial charge in [0.15, 0.2) is 0 Å². The van der Waals surface area contributed by atoms with Gasteiger partial charge in [0.25, 0.3) is 0 Å². The van der Waals surface area contributed by atoms with Gasteiger partial charge < -0.3 is 11.1 Å². The number of carbonyl (C=O) groups is 1. The van der Waals surface area contributed by atoms with Crippen LogP contribution < -0.4 is 11.1 Å². The second-order valence-electron chi connectivity index (χ2n) is 6.88. The summed E-state index contributed by atoms with van der Waals surface area (Å²) in [5.74, 6) is 1.44. The molecule has 1 aromatic rings. The van der Waals surface area contributed by atoms with Crippen LogP contribution in [-0.2, 0) is 4.79 Å². The Morgan fingerprint density at radius 1 is 1.25 bits per heavy atom. The number of nitrogens with one attached hydrogen (secondary N) is 1. The van der Waals surface area contributed by atoms with Crippen LogP contribution in [-0.4, -0.2) is 10.9 Å². The van der Waals surface area contributed by atoms with Crippen molar-refractivity contribution in [2.24, 2.45) is 17.3 Å². The largest absolute Gasteiger partial charge is 0.384 e. The van der Waals surface area contributed by atoms with Crippen molar-refractivity contribution in [1.29, 1.82) is 0 Å². The molecule has 0 bridgehead atoms. The third-order valence-corrected chi connectivity index (χ3v) is 4.38. The van der Waals surface area contributed by atoms with Gasteiger partial charge in [0, 0.05) is 5.92 Å². The van der Waals surface area contributed by atoms with E-state index in [2.05, 4.69) is 31.1 Å². The average Bonchev–Trinajstić information content (AvgIpc) is 2.40. The van der Waals surface area contributed by atoms with Gasteiger partial charge in [-0.05, 0) is 49.1 Å². The third-order valence-electron chi connectivity index (χ3n) is 4.38. The predicted molar refractivity (Wildman–Crippen MR) is 82.2 cm³/mol. The van der Waals surface area contributed by atoms with Gasteiger partial charge in [0.05, 0.1) is 11.9 Å². The first kappa shape index (κ1) is 14.8. The summed E-state index contributed by atoms with van der Waals surface area (Å²) in [6.45, 7) is 6.87. The lowest BCUT2D eigenvalue weighted by molar-refractivity contribution is -0.121. The maximum atomic E-state index is 12.2. The molecule has 0 saturated heterocycles. The Morgan fingerprint density at radius 3 is 2.40 bits per heavy atom. The molecule has 0 aliphatic heterocycles. The Bertz CT molecular complexity index is 454. The highest BCUT2D eigenvalue weighted by atomic mass is 16.1. The van der Waals surface area contributed by atoms with E-state index in [-0.39, 0.29) is 11.8 Å². The molecule has 20 heavy (non-hydrogen) atoms. The molecule has 4 nitrogen and oxygen atoms in total. The Morgan fingerprint density at radius 2 is 1.90 bits per heavy atom. The van der Waals surface area contributed by atoms with Crippen LogP contribution in [0.4, 0.5) is 11.5 Å². The van der Waals surface area contributed by atoms with E-state index in [0.29, 0.717) is 11.2 Å². The van der Waals surface area contributed by atoms with E-state index in [1.165, 1.54) is 0 Å². The third kappa shape index (κ3) is 3.71. The first-order valence-electron chi connectivity index (χ1n) is 7.38. The van der Waals surface area contributed by atoms with Crippen molar-refractivity contribution >= 4 is 17.4 Å². The van der Waals surface area contributed by atoms with Crippen LogP contribution >= 0.6 is 0 Å². The summed E-state index contributed by atoms with van der Waals surface area (Å²) in [6, 6.07) is 3.49.